The van der Waals surface area contributed by atoms with E-state index in [0.717, 1.165) is 4.68 Å². The number of amides is 1. The van der Waals surface area contributed by atoms with Crippen LogP contribution in [0.3, 0.4) is 0 Å². The number of carbonyl (C=O) groups is 1. The molecule has 0 aliphatic heterocycles. The van der Waals surface area contributed by atoms with Crippen LogP contribution in [0.15, 0.2) is 25.6 Å². The molecule has 1 aromatic heterocycles. The summed E-state index contributed by atoms with van der Waals surface area (Å²) in [5, 5.41) is 16.7. The number of anilines is 1. The number of nitrogens with zero attached hydrogens (tertiary/aromatic N) is 3. The minimum absolute atomic E-state index is 0.134. The topological polar surface area (TPSA) is 90.1 Å². The SMILES string of the molecule is Cc1c(Br)c(C(F)(F)F)nn1CC(=O)Nc1c(Br)cc([N+](=O)[O-])cc1Br. The van der Waals surface area contributed by atoms with Gasteiger partial charge in [-0.1, -0.05) is 0 Å². The summed E-state index contributed by atoms with van der Waals surface area (Å²) >= 11 is 9.04. The van der Waals surface area contributed by atoms with Crippen molar-refractivity contribution in [2.45, 2.75) is 19.6 Å². The van der Waals surface area contributed by atoms with Crippen LogP contribution in [0.5, 0.6) is 0 Å². The normalized spacial score (nSPS) is 11.5. The molecule has 2 aromatic rings. The Morgan fingerprint density at radius 2 is 1.85 bits per heavy atom. The first-order chi connectivity index (χ1) is 11.9. The summed E-state index contributed by atoms with van der Waals surface area (Å²) < 4.78 is 39.7. The minimum Gasteiger partial charge on any atom is -0.323 e. The van der Waals surface area contributed by atoms with Crippen LogP contribution in [0.4, 0.5) is 24.5 Å². The van der Waals surface area contributed by atoms with Crippen molar-refractivity contribution in [3.63, 3.8) is 0 Å². The highest BCUT2D eigenvalue weighted by Crippen LogP contribution is 2.36. The van der Waals surface area contributed by atoms with Crippen molar-refractivity contribution in [2.75, 3.05) is 5.32 Å². The molecule has 0 fully saturated rings. The Labute approximate surface area is 169 Å². The van der Waals surface area contributed by atoms with Gasteiger partial charge in [-0.25, -0.2) is 0 Å². The van der Waals surface area contributed by atoms with Crippen LogP contribution >= 0.6 is 47.8 Å². The lowest BCUT2D eigenvalue weighted by Gasteiger charge is -2.10. The van der Waals surface area contributed by atoms with Gasteiger partial charge in [-0.15, -0.1) is 0 Å². The third kappa shape index (κ3) is 4.43. The second-order valence-electron chi connectivity index (χ2n) is 4.99. The van der Waals surface area contributed by atoms with E-state index >= 15 is 0 Å². The molecular formula is C13H8Br3F3N4O3. The Balaban J connectivity index is 2.24. The third-order valence-electron chi connectivity index (χ3n) is 3.20. The number of carbonyl (C=O) groups excluding carboxylic acids is 1. The summed E-state index contributed by atoms with van der Waals surface area (Å²) in [5.74, 6) is -0.660. The Morgan fingerprint density at radius 1 is 1.31 bits per heavy atom. The van der Waals surface area contributed by atoms with Crippen LogP contribution in [-0.4, -0.2) is 20.6 Å². The van der Waals surface area contributed by atoms with Crippen molar-refractivity contribution in [1.82, 2.24) is 9.78 Å². The lowest BCUT2D eigenvalue weighted by atomic mass is 10.3. The first kappa shape index (κ1) is 20.8. The van der Waals surface area contributed by atoms with Gasteiger partial charge in [0, 0.05) is 21.1 Å². The van der Waals surface area contributed by atoms with E-state index in [9.17, 15) is 28.1 Å². The summed E-state index contributed by atoms with van der Waals surface area (Å²) in [4.78, 5) is 22.4. The molecular weight excluding hydrogens is 557 g/mol. The molecule has 1 amide bonds. The van der Waals surface area contributed by atoms with Gasteiger partial charge in [-0.2, -0.15) is 18.3 Å². The average molecular weight is 565 g/mol. The van der Waals surface area contributed by atoms with E-state index in [0.29, 0.717) is 0 Å². The van der Waals surface area contributed by atoms with Crippen molar-refractivity contribution >= 4 is 65.1 Å². The molecule has 0 saturated carbocycles. The number of non-ortho nitro benzene ring substituents is 1. The van der Waals surface area contributed by atoms with E-state index in [1.165, 1.54) is 19.1 Å². The van der Waals surface area contributed by atoms with Crippen LogP contribution in [0.25, 0.3) is 0 Å². The Kier molecular flexibility index (Phi) is 6.13. The summed E-state index contributed by atoms with van der Waals surface area (Å²) in [6.07, 6.45) is -4.66. The molecule has 26 heavy (non-hydrogen) atoms. The molecule has 1 N–H and O–H groups in total. The molecule has 1 aromatic carbocycles. The molecule has 0 saturated heterocycles. The van der Waals surface area contributed by atoms with Crippen LogP contribution < -0.4 is 5.32 Å². The first-order valence-corrected chi connectivity index (χ1v) is 9.03. The monoisotopic (exact) mass is 562 g/mol. The van der Waals surface area contributed by atoms with E-state index in [4.69, 9.17) is 0 Å². The summed E-state index contributed by atoms with van der Waals surface area (Å²) in [6.45, 7) is 0.910. The molecule has 0 atom stereocenters. The standard InChI is InChI=1S/C13H8Br3F3N4O3/c1-5-10(16)12(13(17,18)19)21-22(5)4-9(24)20-11-7(14)2-6(23(25)26)3-8(11)15/h2-3H,4H2,1H3,(H,20,24). The first-order valence-electron chi connectivity index (χ1n) is 6.65. The zero-order chi connectivity index (χ0) is 19.8. The average Bonchev–Trinajstić information content (AvgIpc) is 2.79. The van der Waals surface area contributed by atoms with E-state index in [1.807, 2.05) is 0 Å². The predicted octanol–water partition coefficient (Wildman–Crippen LogP) is 5.04. The van der Waals surface area contributed by atoms with Crippen LogP contribution in [0.1, 0.15) is 11.4 Å². The molecule has 2 rings (SSSR count). The van der Waals surface area contributed by atoms with Crippen molar-refractivity contribution in [3.8, 4) is 0 Å². The molecule has 0 unspecified atom stereocenters. The van der Waals surface area contributed by atoms with Crippen molar-refractivity contribution in [2.24, 2.45) is 0 Å². The van der Waals surface area contributed by atoms with Gasteiger partial charge in [-0.3, -0.25) is 19.6 Å². The Bertz CT molecular complexity index is 876. The molecule has 13 heteroatoms. The Morgan fingerprint density at radius 3 is 2.27 bits per heavy atom. The number of rotatable bonds is 4. The number of halogens is 6. The highest BCUT2D eigenvalue weighted by atomic mass is 79.9. The van der Waals surface area contributed by atoms with E-state index < -0.39 is 29.2 Å². The van der Waals surface area contributed by atoms with Gasteiger partial charge in [0.15, 0.2) is 5.69 Å². The smallest absolute Gasteiger partial charge is 0.323 e. The maximum Gasteiger partial charge on any atom is 0.436 e. The summed E-state index contributed by atoms with van der Waals surface area (Å²) in [7, 11) is 0. The zero-order valence-electron chi connectivity index (χ0n) is 12.7. The predicted molar refractivity (Wildman–Crippen MR) is 96.8 cm³/mol. The number of hydrogen-bond acceptors (Lipinski definition) is 4. The third-order valence-corrected chi connectivity index (χ3v) is 5.40. The van der Waals surface area contributed by atoms with Crippen LogP contribution in [-0.2, 0) is 17.5 Å². The highest BCUT2D eigenvalue weighted by molar-refractivity contribution is 9.11. The lowest BCUT2D eigenvalue weighted by molar-refractivity contribution is -0.385. The van der Waals surface area contributed by atoms with Gasteiger partial charge in [0.2, 0.25) is 5.91 Å². The Hall–Kier alpha value is -1.47. The zero-order valence-corrected chi connectivity index (χ0v) is 17.5. The summed E-state index contributed by atoms with van der Waals surface area (Å²) in [6, 6.07) is 2.38. The van der Waals surface area contributed by atoms with E-state index in [2.05, 4.69) is 58.2 Å². The number of aromatic nitrogens is 2. The molecule has 0 aliphatic carbocycles. The van der Waals surface area contributed by atoms with Gasteiger partial charge >= 0.3 is 6.18 Å². The molecule has 7 nitrogen and oxygen atoms in total. The van der Waals surface area contributed by atoms with Crippen LogP contribution in [0.2, 0.25) is 0 Å². The molecule has 0 bridgehead atoms. The lowest BCUT2D eigenvalue weighted by Crippen LogP contribution is -2.21. The maximum absolute atomic E-state index is 12.9. The fraction of sp³-hybridized carbons (Fsp3) is 0.231. The van der Waals surface area contributed by atoms with Gasteiger partial charge in [0.1, 0.15) is 6.54 Å². The molecule has 140 valence electrons. The minimum atomic E-state index is -4.66. The van der Waals surface area contributed by atoms with Gasteiger partial charge in [0.05, 0.1) is 20.8 Å². The van der Waals surface area contributed by atoms with Crippen molar-refractivity contribution in [1.29, 1.82) is 0 Å². The van der Waals surface area contributed by atoms with Crippen LogP contribution in [0, 0.1) is 17.0 Å². The summed E-state index contributed by atoms with van der Waals surface area (Å²) in [5.41, 5.74) is -0.987. The van der Waals surface area contributed by atoms with E-state index in [-0.39, 0.29) is 30.5 Å². The quantitative estimate of drug-likeness (QED) is 0.416. The second-order valence-corrected chi connectivity index (χ2v) is 7.49. The number of nitro benzene ring substituents is 1. The van der Waals surface area contributed by atoms with Gasteiger partial charge in [-0.05, 0) is 54.7 Å². The number of benzene rings is 1. The fourth-order valence-electron chi connectivity index (χ4n) is 1.96. The van der Waals surface area contributed by atoms with Gasteiger partial charge < -0.3 is 5.32 Å². The van der Waals surface area contributed by atoms with Crippen molar-refractivity contribution in [3.05, 3.63) is 47.1 Å². The van der Waals surface area contributed by atoms with E-state index in [1.54, 1.807) is 0 Å². The molecule has 0 radical (unpaired) electrons. The van der Waals surface area contributed by atoms with Crippen molar-refractivity contribution < 1.29 is 22.9 Å². The van der Waals surface area contributed by atoms with Gasteiger partial charge in [0.25, 0.3) is 5.69 Å². The highest BCUT2D eigenvalue weighted by Gasteiger charge is 2.38. The fourth-order valence-corrected chi connectivity index (χ4v) is 3.83. The maximum atomic E-state index is 12.9. The number of alkyl halides is 3. The second kappa shape index (κ2) is 7.64. The molecule has 1 heterocycles. The number of nitro groups is 1. The largest absolute Gasteiger partial charge is 0.436 e. The molecule has 0 spiro atoms. The number of nitrogens with one attached hydrogen (secondary N) is 1. The molecule has 0 aliphatic rings. The number of hydrogen-bond donors (Lipinski definition) is 1.